The molecule has 13 heavy (non-hydrogen) atoms. The third kappa shape index (κ3) is 2.69. The van der Waals surface area contributed by atoms with E-state index in [4.69, 9.17) is 0 Å². The molecule has 1 rings (SSSR count). The molecule has 0 aromatic heterocycles. The molecule has 0 aliphatic rings. The Morgan fingerprint density at radius 1 is 1.38 bits per heavy atom. The second kappa shape index (κ2) is 4.80. The second-order valence-corrected chi connectivity index (χ2v) is 3.44. The lowest BCUT2D eigenvalue weighted by atomic mass is 9.95. The van der Waals surface area contributed by atoms with Crippen LogP contribution in [0.2, 0.25) is 0 Å². The molecule has 0 bridgehead atoms. The Bertz CT molecular complexity index is 278. The molecule has 1 heteroatoms. The summed E-state index contributed by atoms with van der Waals surface area (Å²) in [7, 11) is 0. The van der Waals surface area contributed by atoms with E-state index in [0.717, 1.165) is 19.1 Å². The van der Waals surface area contributed by atoms with Gasteiger partial charge in [0, 0.05) is 5.92 Å². The second-order valence-electron chi connectivity index (χ2n) is 3.44. The molecular formula is C12H16O. The number of benzene rings is 1. The maximum Gasteiger partial charge on any atom is 0.123 e. The van der Waals surface area contributed by atoms with Crippen molar-refractivity contribution in [3.05, 3.63) is 35.4 Å². The van der Waals surface area contributed by atoms with Crippen LogP contribution in [-0.4, -0.2) is 6.29 Å². The highest BCUT2D eigenvalue weighted by atomic mass is 16.1. The van der Waals surface area contributed by atoms with Gasteiger partial charge in [-0.3, -0.25) is 0 Å². The van der Waals surface area contributed by atoms with E-state index in [1.165, 1.54) is 11.1 Å². The Hall–Kier alpha value is -1.11. The zero-order valence-electron chi connectivity index (χ0n) is 8.29. The minimum absolute atomic E-state index is 0.182. The molecule has 1 nitrogen and oxygen atoms in total. The topological polar surface area (TPSA) is 17.1 Å². The zero-order chi connectivity index (χ0) is 9.68. The highest BCUT2D eigenvalue weighted by molar-refractivity contribution is 5.54. The first-order chi connectivity index (χ1) is 6.27. The Morgan fingerprint density at radius 3 is 2.62 bits per heavy atom. The Labute approximate surface area is 79.8 Å². The van der Waals surface area contributed by atoms with Crippen molar-refractivity contribution in [2.75, 3.05) is 0 Å². The number of carbonyl (C=O) groups is 1. The van der Waals surface area contributed by atoms with Crippen LogP contribution in [0.4, 0.5) is 0 Å². The average Bonchev–Trinajstić information content (AvgIpc) is 2.17. The summed E-state index contributed by atoms with van der Waals surface area (Å²) in [5.74, 6) is 0.182. The van der Waals surface area contributed by atoms with Gasteiger partial charge in [0.25, 0.3) is 0 Å². The fourth-order valence-corrected chi connectivity index (χ4v) is 1.41. The summed E-state index contributed by atoms with van der Waals surface area (Å²) in [4.78, 5) is 10.7. The molecule has 70 valence electrons. The number of carbonyl (C=O) groups excluding carboxylic acids is 1. The quantitative estimate of drug-likeness (QED) is 0.645. The average molecular weight is 176 g/mol. The van der Waals surface area contributed by atoms with E-state index in [2.05, 4.69) is 26.0 Å². The molecule has 0 spiro atoms. The van der Waals surface area contributed by atoms with Gasteiger partial charge in [-0.1, -0.05) is 31.2 Å². The van der Waals surface area contributed by atoms with Crippen molar-refractivity contribution in [1.29, 1.82) is 0 Å². The zero-order valence-corrected chi connectivity index (χ0v) is 8.29. The van der Waals surface area contributed by atoms with Gasteiger partial charge in [0.1, 0.15) is 6.29 Å². The van der Waals surface area contributed by atoms with Crippen LogP contribution in [0.25, 0.3) is 0 Å². The van der Waals surface area contributed by atoms with Crippen molar-refractivity contribution in [2.45, 2.75) is 26.7 Å². The van der Waals surface area contributed by atoms with Gasteiger partial charge in [0.2, 0.25) is 0 Å². The lowest BCUT2D eigenvalue weighted by Crippen LogP contribution is -2.05. The normalized spacial score (nSPS) is 12.5. The van der Waals surface area contributed by atoms with Gasteiger partial charge in [-0.2, -0.15) is 0 Å². The SMILES string of the molecule is CC[C@H](C=O)Cc1ccccc1C. The molecule has 1 atom stereocenters. The van der Waals surface area contributed by atoms with Gasteiger partial charge >= 0.3 is 0 Å². The molecule has 0 heterocycles. The Kier molecular flexibility index (Phi) is 3.69. The third-order valence-electron chi connectivity index (χ3n) is 2.46. The van der Waals surface area contributed by atoms with Gasteiger partial charge in [0.05, 0.1) is 0 Å². The molecule has 0 saturated carbocycles. The van der Waals surface area contributed by atoms with E-state index < -0.39 is 0 Å². The first-order valence-corrected chi connectivity index (χ1v) is 4.77. The molecule has 0 saturated heterocycles. The van der Waals surface area contributed by atoms with Gasteiger partial charge in [-0.25, -0.2) is 0 Å². The third-order valence-corrected chi connectivity index (χ3v) is 2.46. The van der Waals surface area contributed by atoms with Crippen LogP contribution in [0.15, 0.2) is 24.3 Å². The van der Waals surface area contributed by atoms with Crippen LogP contribution in [0.5, 0.6) is 0 Å². The van der Waals surface area contributed by atoms with Crippen LogP contribution >= 0.6 is 0 Å². The van der Waals surface area contributed by atoms with Crippen molar-refractivity contribution in [1.82, 2.24) is 0 Å². The minimum Gasteiger partial charge on any atom is -0.303 e. The van der Waals surface area contributed by atoms with Crippen molar-refractivity contribution in [3.63, 3.8) is 0 Å². The van der Waals surface area contributed by atoms with Gasteiger partial charge in [-0.05, 0) is 30.9 Å². The number of hydrogen-bond acceptors (Lipinski definition) is 1. The lowest BCUT2D eigenvalue weighted by molar-refractivity contribution is -0.111. The van der Waals surface area contributed by atoms with Crippen LogP contribution < -0.4 is 0 Å². The van der Waals surface area contributed by atoms with Crippen LogP contribution in [0, 0.1) is 12.8 Å². The maximum atomic E-state index is 10.7. The summed E-state index contributed by atoms with van der Waals surface area (Å²) >= 11 is 0. The van der Waals surface area contributed by atoms with Crippen molar-refractivity contribution < 1.29 is 4.79 Å². The summed E-state index contributed by atoms with van der Waals surface area (Å²) in [5.41, 5.74) is 2.57. The monoisotopic (exact) mass is 176 g/mol. The number of aldehydes is 1. The fourth-order valence-electron chi connectivity index (χ4n) is 1.41. The van der Waals surface area contributed by atoms with E-state index in [1.807, 2.05) is 12.1 Å². The summed E-state index contributed by atoms with van der Waals surface area (Å²) in [6, 6.07) is 8.24. The van der Waals surface area contributed by atoms with Gasteiger partial charge in [0.15, 0.2) is 0 Å². The van der Waals surface area contributed by atoms with E-state index in [1.54, 1.807) is 0 Å². The maximum absolute atomic E-state index is 10.7. The molecule has 1 aromatic rings. The van der Waals surface area contributed by atoms with E-state index in [0.29, 0.717) is 0 Å². The predicted molar refractivity (Wildman–Crippen MR) is 54.7 cm³/mol. The lowest BCUT2D eigenvalue weighted by Gasteiger charge is -2.09. The van der Waals surface area contributed by atoms with Gasteiger partial charge in [-0.15, -0.1) is 0 Å². The summed E-state index contributed by atoms with van der Waals surface area (Å²) in [5, 5.41) is 0. The highest BCUT2D eigenvalue weighted by Gasteiger charge is 2.06. The van der Waals surface area contributed by atoms with E-state index in [9.17, 15) is 4.79 Å². The van der Waals surface area contributed by atoms with Crippen molar-refractivity contribution in [2.24, 2.45) is 5.92 Å². The highest BCUT2D eigenvalue weighted by Crippen LogP contribution is 2.13. The predicted octanol–water partition coefficient (Wildman–Crippen LogP) is 2.76. The van der Waals surface area contributed by atoms with E-state index in [-0.39, 0.29) is 5.92 Å². The van der Waals surface area contributed by atoms with Crippen LogP contribution in [-0.2, 0) is 11.2 Å². The Balaban J connectivity index is 2.73. The molecule has 0 aliphatic heterocycles. The first-order valence-electron chi connectivity index (χ1n) is 4.77. The number of rotatable bonds is 4. The largest absolute Gasteiger partial charge is 0.303 e. The standard InChI is InChI=1S/C12H16O/c1-3-11(9-13)8-12-7-5-4-6-10(12)2/h4-7,9,11H,3,8H2,1-2H3/t11-/m0/s1. The van der Waals surface area contributed by atoms with Crippen LogP contribution in [0.1, 0.15) is 24.5 Å². The molecule has 0 N–H and O–H groups in total. The van der Waals surface area contributed by atoms with Crippen LogP contribution in [0.3, 0.4) is 0 Å². The summed E-state index contributed by atoms with van der Waals surface area (Å²) in [6.45, 7) is 4.14. The molecule has 0 aliphatic carbocycles. The molecular weight excluding hydrogens is 160 g/mol. The first kappa shape index (κ1) is 9.97. The molecule has 0 fully saturated rings. The fraction of sp³-hybridized carbons (Fsp3) is 0.417. The molecule has 0 amide bonds. The smallest absolute Gasteiger partial charge is 0.123 e. The summed E-state index contributed by atoms with van der Waals surface area (Å²) < 4.78 is 0. The summed E-state index contributed by atoms with van der Waals surface area (Å²) in [6.07, 6.45) is 2.87. The van der Waals surface area contributed by atoms with Crippen molar-refractivity contribution >= 4 is 6.29 Å². The van der Waals surface area contributed by atoms with Gasteiger partial charge < -0.3 is 4.79 Å². The van der Waals surface area contributed by atoms with Crippen molar-refractivity contribution in [3.8, 4) is 0 Å². The van der Waals surface area contributed by atoms with E-state index >= 15 is 0 Å². The molecule has 1 aromatic carbocycles. The molecule has 0 radical (unpaired) electrons. The minimum atomic E-state index is 0.182. The number of hydrogen-bond donors (Lipinski definition) is 0. The Morgan fingerprint density at radius 2 is 2.08 bits per heavy atom. The molecule has 0 unspecified atom stereocenters. The number of aryl methyl sites for hydroxylation is 1.